The molecule has 1 aliphatic heterocycles. The van der Waals surface area contributed by atoms with Gasteiger partial charge in [0.25, 0.3) is 5.91 Å². The summed E-state index contributed by atoms with van der Waals surface area (Å²) in [6, 6.07) is 12.9. The summed E-state index contributed by atoms with van der Waals surface area (Å²) in [5.41, 5.74) is 2.78. The first-order valence-electron chi connectivity index (χ1n) is 9.03. The van der Waals surface area contributed by atoms with E-state index in [1.54, 1.807) is 19.2 Å². The predicted molar refractivity (Wildman–Crippen MR) is 102 cm³/mol. The SMILES string of the molecule is COc1ccc(-c2nc3ccc(C(=O)N4CC(C)OC(C)C4)cc3o2)cc1. The molecule has 1 aromatic heterocycles. The molecule has 4 rings (SSSR count). The summed E-state index contributed by atoms with van der Waals surface area (Å²) in [7, 11) is 1.63. The van der Waals surface area contributed by atoms with Crippen molar-refractivity contribution in [3.05, 3.63) is 48.0 Å². The third-order valence-electron chi connectivity index (χ3n) is 4.68. The quantitative estimate of drug-likeness (QED) is 0.706. The highest BCUT2D eigenvalue weighted by atomic mass is 16.5. The Bertz CT molecular complexity index is 954. The number of aromatic nitrogens is 1. The van der Waals surface area contributed by atoms with E-state index in [4.69, 9.17) is 13.9 Å². The molecule has 3 aromatic rings. The Labute approximate surface area is 157 Å². The number of benzene rings is 2. The molecule has 6 heteroatoms. The van der Waals surface area contributed by atoms with Crippen LogP contribution in [-0.4, -0.2) is 48.2 Å². The maximum atomic E-state index is 12.9. The average Bonchev–Trinajstić information content (AvgIpc) is 3.10. The lowest BCUT2D eigenvalue weighted by atomic mass is 10.1. The molecule has 1 amide bonds. The number of ether oxygens (including phenoxy) is 2. The van der Waals surface area contributed by atoms with Crippen molar-refractivity contribution >= 4 is 17.0 Å². The van der Waals surface area contributed by atoms with Crippen LogP contribution in [0.3, 0.4) is 0 Å². The number of nitrogens with zero attached hydrogens (tertiary/aromatic N) is 2. The molecule has 1 saturated heterocycles. The molecule has 0 aliphatic carbocycles. The summed E-state index contributed by atoms with van der Waals surface area (Å²) in [6.45, 7) is 5.15. The zero-order valence-electron chi connectivity index (χ0n) is 15.6. The minimum atomic E-state index is -0.0127. The molecule has 1 aliphatic rings. The van der Waals surface area contributed by atoms with Crippen LogP contribution in [0.5, 0.6) is 5.75 Å². The van der Waals surface area contributed by atoms with Gasteiger partial charge in [-0.15, -0.1) is 0 Å². The minimum absolute atomic E-state index is 0.0127. The average molecular weight is 366 g/mol. The maximum absolute atomic E-state index is 12.9. The number of amides is 1. The third kappa shape index (κ3) is 3.53. The predicted octanol–water partition coefficient (Wildman–Crippen LogP) is 3.75. The maximum Gasteiger partial charge on any atom is 0.254 e. The van der Waals surface area contributed by atoms with Crippen LogP contribution in [0.25, 0.3) is 22.6 Å². The molecule has 0 saturated carbocycles. The number of methoxy groups -OCH3 is 1. The molecule has 2 heterocycles. The van der Waals surface area contributed by atoms with Gasteiger partial charge in [-0.1, -0.05) is 0 Å². The summed E-state index contributed by atoms with van der Waals surface area (Å²) in [6.07, 6.45) is 0.0711. The van der Waals surface area contributed by atoms with E-state index >= 15 is 0 Å². The van der Waals surface area contributed by atoms with Crippen LogP contribution < -0.4 is 4.74 Å². The number of hydrogen-bond acceptors (Lipinski definition) is 5. The minimum Gasteiger partial charge on any atom is -0.497 e. The molecular formula is C21H22N2O4. The van der Waals surface area contributed by atoms with Crippen LogP contribution in [0.15, 0.2) is 46.9 Å². The largest absolute Gasteiger partial charge is 0.497 e. The molecular weight excluding hydrogens is 344 g/mol. The molecule has 2 aromatic carbocycles. The first-order valence-corrected chi connectivity index (χ1v) is 9.03. The van der Waals surface area contributed by atoms with E-state index < -0.39 is 0 Å². The highest BCUT2D eigenvalue weighted by Crippen LogP contribution is 2.27. The molecule has 0 spiro atoms. The van der Waals surface area contributed by atoms with Crippen LogP contribution in [-0.2, 0) is 4.74 Å². The van der Waals surface area contributed by atoms with Gasteiger partial charge in [-0.25, -0.2) is 4.98 Å². The molecule has 6 nitrogen and oxygen atoms in total. The lowest BCUT2D eigenvalue weighted by Crippen LogP contribution is -2.48. The van der Waals surface area contributed by atoms with Crippen molar-refractivity contribution < 1.29 is 18.7 Å². The molecule has 0 radical (unpaired) electrons. The molecule has 1 fully saturated rings. The summed E-state index contributed by atoms with van der Waals surface area (Å²) in [5.74, 6) is 1.28. The van der Waals surface area contributed by atoms with E-state index in [9.17, 15) is 4.79 Å². The van der Waals surface area contributed by atoms with Gasteiger partial charge in [-0.2, -0.15) is 0 Å². The lowest BCUT2D eigenvalue weighted by molar-refractivity contribution is -0.0586. The molecule has 0 bridgehead atoms. The number of hydrogen-bond donors (Lipinski definition) is 0. The van der Waals surface area contributed by atoms with Crippen LogP contribution in [0.2, 0.25) is 0 Å². The standard InChI is InChI=1S/C21H22N2O4/c1-13-11-23(12-14(2)26-13)21(24)16-6-9-18-19(10-16)27-20(22-18)15-4-7-17(25-3)8-5-15/h4-10,13-14H,11-12H2,1-3H3. The molecule has 27 heavy (non-hydrogen) atoms. The first kappa shape index (κ1) is 17.5. The molecule has 2 unspecified atom stereocenters. The van der Waals surface area contributed by atoms with Gasteiger partial charge in [-0.3, -0.25) is 4.79 Å². The summed E-state index contributed by atoms with van der Waals surface area (Å²) < 4.78 is 16.8. The van der Waals surface area contributed by atoms with Crippen molar-refractivity contribution in [2.75, 3.05) is 20.2 Å². The number of carbonyl (C=O) groups is 1. The van der Waals surface area contributed by atoms with Crippen LogP contribution in [0.1, 0.15) is 24.2 Å². The zero-order valence-corrected chi connectivity index (χ0v) is 15.6. The number of rotatable bonds is 3. The van der Waals surface area contributed by atoms with Gasteiger partial charge >= 0.3 is 0 Å². The van der Waals surface area contributed by atoms with E-state index in [2.05, 4.69) is 4.98 Å². The van der Waals surface area contributed by atoms with Gasteiger partial charge in [0.05, 0.1) is 19.3 Å². The van der Waals surface area contributed by atoms with E-state index in [-0.39, 0.29) is 18.1 Å². The second kappa shape index (κ2) is 7.04. The smallest absolute Gasteiger partial charge is 0.254 e. The van der Waals surface area contributed by atoms with Crippen molar-refractivity contribution in [3.8, 4) is 17.2 Å². The van der Waals surface area contributed by atoms with E-state index in [0.29, 0.717) is 30.1 Å². The number of carbonyl (C=O) groups excluding carboxylic acids is 1. The summed E-state index contributed by atoms with van der Waals surface area (Å²) in [4.78, 5) is 19.2. The van der Waals surface area contributed by atoms with Crippen molar-refractivity contribution in [3.63, 3.8) is 0 Å². The monoisotopic (exact) mass is 366 g/mol. The van der Waals surface area contributed by atoms with Crippen molar-refractivity contribution in [1.82, 2.24) is 9.88 Å². The third-order valence-corrected chi connectivity index (χ3v) is 4.68. The van der Waals surface area contributed by atoms with Gasteiger partial charge in [-0.05, 0) is 56.3 Å². The fourth-order valence-corrected chi connectivity index (χ4v) is 3.44. The highest BCUT2D eigenvalue weighted by Gasteiger charge is 2.27. The van der Waals surface area contributed by atoms with E-state index in [1.165, 1.54) is 0 Å². The Morgan fingerprint density at radius 1 is 1.11 bits per heavy atom. The van der Waals surface area contributed by atoms with E-state index in [1.807, 2.05) is 49.1 Å². The zero-order chi connectivity index (χ0) is 19.0. The topological polar surface area (TPSA) is 64.8 Å². The number of morpholine rings is 1. The van der Waals surface area contributed by atoms with Gasteiger partial charge in [0, 0.05) is 24.2 Å². The molecule has 140 valence electrons. The van der Waals surface area contributed by atoms with Crippen molar-refractivity contribution in [1.29, 1.82) is 0 Å². The fraction of sp³-hybridized carbons (Fsp3) is 0.333. The summed E-state index contributed by atoms with van der Waals surface area (Å²) >= 11 is 0. The normalized spacial score (nSPS) is 20.0. The van der Waals surface area contributed by atoms with E-state index in [0.717, 1.165) is 16.8 Å². The van der Waals surface area contributed by atoms with Gasteiger partial charge in [0.15, 0.2) is 5.58 Å². The number of fused-ring (bicyclic) bond motifs is 1. The Hall–Kier alpha value is -2.86. The van der Waals surface area contributed by atoms with Crippen molar-refractivity contribution in [2.45, 2.75) is 26.1 Å². The Kier molecular flexibility index (Phi) is 4.58. The first-order chi connectivity index (χ1) is 13.0. The fourth-order valence-electron chi connectivity index (χ4n) is 3.44. The van der Waals surface area contributed by atoms with Crippen LogP contribution in [0, 0.1) is 0 Å². The Balaban J connectivity index is 1.61. The van der Waals surface area contributed by atoms with Gasteiger partial charge in [0.2, 0.25) is 5.89 Å². The van der Waals surface area contributed by atoms with Gasteiger partial charge < -0.3 is 18.8 Å². The molecule has 2 atom stereocenters. The number of oxazole rings is 1. The van der Waals surface area contributed by atoms with Crippen LogP contribution in [0.4, 0.5) is 0 Å². The summed E-state index contributed by atoms with van der Waals surface area (Å²) in [5, 5.41) is 0. The van der Waals surface area contributed by atoms with Crippen LogP contribution >= 0.6 is 0 Å². The van der Waals surface area contributed by atoms with Gasteiger partial charge in [0.1, 0.15) is 11.3 Å². The highest BCUT2D eigenvalue weighted by molar-refractivity contribution is 5.97. The lowest BCUT2D eigenvalue weighted by Gasteiger charge is -2.35. The molecule has 0 N–H and O–H groups in total. The Morgan fingerprint density at radius 3 is 2.48 bits per heavy atom. The second-order valence-corrected chi connectivity index (χ2v) is 6.90. The second-order valence-electron chi connectivity index (χ2n) is 6.90. The van der Waals surface area contributed by atoms with Crippen molar-refractivity contribution in [2.24, 2.45) is 0 Å². The Morgan fingerprint density at radius 2 is 1.81 bits per heavy atom.